The van der Waals surface area contributed by atoms with E-state index in [2.05, 4.69) is 33.9 Å². The maximum Gasteiger partial charge on any atom is 0.416 e. The van der Waals surface area contributed by atoms with Crippen molar-refractivity contribution in [1.82, 2.24) is 0 Å². The number of carbonyl (C=O) groups is 1. The van der Waals surface area contributed by atoms with E-state index in [4.69, 9.17) is 18.6 Å². The van der Waals surface area contributed by atoms with Gasteiger partial charge in [-0.3, -0.25) is 0 Å². The SMILES string of the molecule is CC(C)(C)[Si](C)(C)OC[C@H](CO[C@@H]1CCC[C@H](OC(=O)c2ccccc2)C1)OCc1ccc(C(F)(F)F)cc1. The molecule has 2 aromatic rings. The number of rotatable bonds is 11. The summed E-state index contributed by atoms with van der Waals surface area (Å²) in [6.07, 6.45) is -1.94. The number of ether oxygens (including phenoxy) is 3. The van der Waals surface area contributed by atoms with Crippen molar-refractivity contribution in [3.8, 4) is 0 Å². The Labute approximate surface area is 231 Å². The molecule has 216 valence electrons. The normalized spacial score (nSPS) is 19.5. The molecule has 39 heavy (non-hydrogen) atoms. The molecule has 3 rings (SSSR count). The largest absolute Gasteiger partial charge is 0.459 e. The van der Waals surface area contributed by atoms with Gasteiger partial charge in [-0.2, -0.15) is 13.2 Å². The third-order valence-electron chi connectivity index (χ3n) is 7.58. The van der Waals surface area contributed by atoms with E-state index in [9.17, 15) is 18.0 Å². The quantitative estimate of drug-likeness (QED) is 0.205. The van der Waals surface area contributed by atoms with Crippen molar-refractivity contribution >= 4 is 14.3 Å². The van der Waals surface area contributed by atoms with Crippen LogP contribution in [0.15, 0.2) is 54.6 Å². The zero-order valence-corrected chi connectivity index (χ0v) is 24.6. The fraction of sp³-hybridized carbons (Fsp3) is 0.567. The van der Waals surface area contributed by atoms with Crippen molar-refractivity contribution in [3.05, 3.63) is 71.3 Å². The van der Waals surface area contributed by atoms with Gasteiger partial charge in [0, 0.05) is 6.42 Å². The molecular formula is C30H41F3O5Si. The second-order valence-electron chi connectivity index (χ2n) is 11.7. The van der Waals surface area contributed by atoms with Crippen LogP contribution < -0.4 is 0 Å². The molecule has 1 aliphatic carbocycles. The van der Waals surface area contributed by atoms with E-state index in [1.807, 2.05) is 6.07 Å². The topological polar surface area (TPSA) is 54.0 Å². The molecule has 0 bridgehead atoms. The van der Waals surface area contributed by atoms with Gasteiger partial charge in [0.15, 0.2) is 8.32 Å². The molecule has 0 heterocycles. The Morgan fingerprint density at radius 2 is 1.59 bits per heavy atom. The lowest BCUT2D eigenvalue weighted by Gasteiger charge is -2.37. The first kappa shape index (κ1) is 31.3. The zero-order valence-electron chi connectivity index (χ0n) is 23.6. The molecule has 0 spiro atoms. The summed E-state index contributed by atoms with van der Waals surface area (Å²) in [4.78, 5) is 12.5. The summed E-state index contributed by atoms with van der Waals surface area (Å²) in [6.45, 7) is 11.6. The Bertz CT molecular complexity index is 1040. The van der Waals surface area contributed by atoms with E-state index in [1.165, 1.54) is 12.1 Å². The van der Waals surface area contributed by atoms with Crippen LogP contribution in [0.25, 0.3) is 0 Å². The minimum absolute atomic E-state index is 0.0189. The van der Waals surface area contributed by atoms with Crippen LogP contribution in [0.1, 0.15) is 67.9 Å². The summed E-state index contributed by atoms with van der Waals surface area (Å²) in [5.74, 6) is -0.332. The Kier molecular flexibility index (Phi) is 10.8. The van der Waals surface area contributed by atoms with E-state index in [0.717, 1.165) is 31.4 Å². The van der Waals surface area contributed by atoms with Gasteiger partial charge in [0.2, 0.25) is 0 Å². The van der Waals surface area contributed by atoms with Crippen LogP contribution in [0, 0.1) is 0 Å². The Balaban J connectivity index is 1.58. The first-order valence-electron chi connectivity index (χ1n) is 13.5. The number of esters is 1. The number of carbonyl (C=O) groups excluding carboxylic acids is 1. The molecule has 1 aliphatic rings. The molecule has 0 radical (unpaired) electrons. The van der Waals surface area contributed by atoms with Gasteiger partial charge in [-0.15, -0.1) is 0 Å². The average Bonchev–Trinajstić information content (AvgIpc) is 2.88. The summed E-state index contributed by atoms with van der Waals surface area (Å²) >= 11 is 0. The lowest BCUT2D eigenvalue weighted by Crippen LogP contribution is -2.44. The fourth-order valence-electron chi connectivity index (χ4n) is 4.06. The van der Waals surface area contributed by atoms with Crippen molar-refractivity contribution in [2.75, 3.05) is 13.2 Å². The number of benzene rings is 2. The minimum Gasteiger partial charge on any atom is -0.459 e. The number of halogens is 3. The summed E-state index contributed by atoms with van der Waals surface area (Å²) in [5.41, 5.74) is 0.484. The van der Waals surface area contributed by atoms with Gasteiger partial charge < -0.3 is 18.6 Å². The molecule has 1 saturated carbocycles. The maximum atomic E-state index is 12.9. The first-order valence-corrected chi connectivity index (χ1v) is 16.4. The molecule has 0 unspecified atom stereocenters. The highest BCUT2D eigenvalue weighted by molar-refractivity contribution is 6.74. The Hall–Kier alpha value is -2.20. The van der Waals surface area contributed by atoms with Crippen molar-refractivity contribution < 1.29 is 36.6 Å². The zero-order chi connectivity index (χ0) is 28.7. The molecule has 0 aliphatic heterocycles. The van der Waals surface area contributed by atoms with Crippen LogP contribution in [-0.4, -0.2) is 45.8 Å². The third-order valence-corrected chi connectivity index (χ3v) is 12.1. The van der Waals surface area contributed by atoms with Gasteiger partial charge in [-0.05, 0) is 67.2 Å². The highest BCUT2D eigenvalue weighted by Gasteiger charge is 2.38. The summed E-state index contributed by atoms with van der Waals surface area (Å²) < 4.78 is 63.2. The second kappa shape index (κ2) is 13.4. The van der Waals surface area contributed by atoms with Crippen LogP contribution in [0.3, 0.4) is 0 Å². The van der Waals surface area contributed by atoms with E-state index in [-0.39, 0.29) is 36.4 Å². The molecule has 5 nitrogen and oxygen atoms in total. The lowest BCUT2D eigenvalue weighted by atomic mass is 9.94. The lowest BCUT2D eigenvalue weighted by molar-refractivity contribution is -0.137. The first-order chi connectivity index (χ1) is 18.2. The van der Waals surface area contributed by atoms with Gasteiger partial charge in [-0.25, -0.2) is 4.79 Å². The second-order valence-corrected chi connectivity index (χ2v) is 16.5. The summed E-state index contributed by atoms with van der Waals surface area (Å²) in [7, 11) is -2.05. The smallest absolute Gasteiger partial charge is 0.416 e. The van der Waals surface area contributed by atoms with E-state index < -0.39 is 26.2 Å². The number of alkyl halides is 3. The van der Waals surface area contributed by atoms with Crippen LogP contribution in [0.2, 0.25) is 18.1 Å². The molecule has 3 atom stereocenters. The Morgan fingerprint density at radius 3 is 2.21 bits per heavy atom. The van der Waals surface area contributed by atoms with Crippen molar-refractivity contribution in [2.45, 2.75) is 95.7 Å². The van der Waals surface area contributed by atoms with Crippen LogP contribution in [0.4, 0.5) is 13.2 Å². The third kappa shape index (κ3) is 9.74. The van der Waals surface area contributed by atoms with E-state index >= 15 is 0 Å². The number of hydrogen-bond donors (Lipinski definition) is 0. The monoisotopic (exact) mass is 566 g/mol. The predicted molar refractivity (Wildman–Crippen MR) is 147 cm³/mol. The van der Waals surface area contributed by atoms with Crippen LogP contribution in [0.5, 0.6) is 0 Å². The van der Waals surface area contributed by atoms with Crippen LogP contribution >= 0.6 is 0 Å². The standard InChI is InChI=1S/C30H41F3O5Si/c1-29(2,3)39(4,5)37-21-27(35-19-22-14-16-24(17-15-22)30(31,32)33)20-36-25-12-9-13-26(18-25)38-28(34)23-10-7-6-8-11-23/h6-8,10-11,14-17,25-27H,9,12-13,18-21H2,1-5H3/t25-,26+,27+/m1/s1. The molecule has 0 amide bonds. The van der Waals surface area contributed by atoms with Gasteiger partial charge >= 0.3 is 12.1 Å². The molecule has 2 aromatic carbocycles. The van der Waals surface area contributed by atoms with Crippen molar-refractivity contribution in [1.29, 1.82) is 0 Å². The van der Waals surface area contributed by atoms with Gasteiger partial charge in [0.1, 0.15) is 12.2 Å². The minimum atomic E-state index is -4.37. The number of hydrogen-bond acceptors (Lipinski definition) is 5. The molecule has 0 N–H and O–H groups in total. The van der Waals surface area contributed by atoms with Crippen molar-refractivity contribution in [3.63, 3.8) is 0 Å². The van der Waals surface area contributed by atoms with E-state index in [0.29, 0.717) is 24.2 Å². The van der Waals surface area contributed by atoms with Crippen LogP contribution in [-0.2, 0) is 31.4 Å². The molecular weight excluding hydrogens is 525 g/mol. The Morgan fingerprint density at radius 1 is 0.949 bits per heavy atom. The average molecular weight is 567 g/mol. The van der Waals surface area contributed by atoms with Crippen molar-refractivity contribution in [2.24, 2.45) is 0 Å². The van der Waals surface area contributed by atoms with Gasteiger partial charge in [0.25, 0.3) is 0 Å². The molecule has 0 saturated heterocycles. The molecule has 1 fully saturated rings. The fourth-order valence-corrected chi connectivity index (χ4v) is 5.10. The molecule has 0 aromatic heterocycles. The maximum absolute atomic E-state index is 12.9. The van der Waals surface area contributed by atoms with Gasteiger partial charge in [-0.1, -0.05) is 51.1 Å². The van der Waals surface area contributed by atoms with Gasteiger partial charge in [0.05, 0.1) is 37.1 Å². The summed E-state index contributed by atoms with van der Waals surface area (Å²) in [6, 6.07) is 13.9. The highest BCUT2D eigenvalue weighted by Crippen LogP contribution is 2.37. The highest BCUT2D eigenvalue weighted by atomic mass is 28.4. The molecule has 9 heteroatoms. The summed E-state index contributed by atoms with van der Waals surface area (Å²) in [5, 5.41) is 0.0189. The predicted octanol–water partition coefficient (Wildman–Crippen LogP) is 7.80. The van der Waals surface area contributed by atoms with E-state index in [1.54, 1.807) is 24.3 Å².